The van der Waals surface area contributed by atoms with Gasteiger partial charge in [-0.25, -0.2) is 0 Å². The van der Waals surface area contributed by atoms with Crippen molar-refractivity contribution in [1.29, 1.82) is 0 Å². The number of carbonyl (C=O) groups is 2. The largest absolute Gasteiger partial charge is 0.360 e. The zero-order valence-corrected chi connectivity index (χ0v) is 12.2. The van der Waals surface area contributed by atoms with Crippen molar-refractivity contribution in [3.63, 3.8) is 0 Å². The van der Waals surface area contributed by atoms with Crippen molar-refractivity contribution in [3.05, 3.63) is 11.8 Å². The van der Waals surface area contributed by atoms with Gasteiger partial charge in [0, 0.05) is 12.1 Å². The van der Waals surface area contributed by atoms with Gasteiger partial charge in [0.2, 0.25) is 11.8 Å². The lowest BCUT2D eigenvalue weighted by molar-refractivity contribution is -0.126. The number of hydrogen-bond donors (Lipinski definition) is 2. The number of anilines is 1. The van der Waals surface area contributed by atoms with Crippen LogP contribution in [0.5, 0.6) is 0 Å². The molecule has 2 aliphatic carbocycles. The summed E-state index contributed by atoms with van der Waals surface area (Å²) < 4.78 is 4.90. The van der Waals surface area contributed by atoms with E-state index in [1.54, 1.807) is 13.0 Å². The molecule has 0 aromatic carbocycles. The predicted octanol–water partition coefficient (Wildman–Crippen LogP) is 2.01. The van der Waals surface area contributed by atoms with Gasteiger partial charge in [-0.05, 0) is 26.2 Å². The van der Waals surface area contributed by atoms with Gasteiger partial charge in [-0.2, -0.15) is 0 Å². The van der Waals surface area contributed by atoms with Gasteiger partial charge >= 0.3 is 0 Å². The first kappa shape index (κ1) is 14.1. The Morgan fingerprint density at radius 1 is 1.19 bits per heavy atom. The Morgan fingerprint density at radius 3 is 2.57 bits per heavy atom. The third kappa shape index (κ3) is 3.43. The maximum absolute atomic E-state index is 12.1. The zero-order valence-electron chi connectivity index (χ0n) is 12.2. The summed E-state index contributed by atoms with van der Waals surface area (Å²) in [7, 11) is 0. The third-order valence-corrected chi connectivity index (χ3v) is 4.29. The summed E-state index contributed by atoms with van der Waals surface area (Å²) in [4.78, 5) is 24.1. The standard InChI is InChI=1S/C15H21N3O3/c1-9-7-13(18-21-9)17-15(20)12-8-11(12)14(19)16-10-5-3-2-4-6-10/h7,10-12H,2-6,8H2,1H3,(H,16,19)(H,17,18,20). The first-order valence-corrected chi connectivity index (χ1v) is 7.68. The van der Waals surface area contributed by atoms with E-state index in [1.165, 1.54) is 19.3 Å². The Bertz CT molecular complexity index is 534. The van der Waals surface area contributed by atoms with E-state index in [0.717, 1.165) is 12.8 Å². The van der Waals surface area contributed by atoms with Gasteiger partial charge in [0.25, 0.3) is 0 Å². The van der Waals surface area contributed by atoms with E-state index < -0.39 is 0 Å². The van der Waals surface area contributed by atoms with Gasteiger partial charge in [-0.15, -0.1) is 0 Å². The first-order valence-electron chi connectivity index (χ1n) is 7.68. The highest BCUT2D eigenvalue weighted by atomic mass is 16.5. The molecule has 1 aromatic heterocycles. The van der Waals surface area contributed by atoms with Gasteiger partial charge in [0.05, 0.1) is 11.8 Å². The van der Waals surface area contributed by atoms with Crippen molar-refractivity contribution in [2.75, 3.05) is 5.32 Å². The molecule has 114 valence electrons. The van der Waals surface area contributed by atoms with Gasteiger partial charge in [-0.1, -0.05) is 24.4 Å². The Balaban J connectivity index is 1.46. The molecule has 6 nitrogen and oxygen atoms in total. The van der Waals surface area contributed by atoms with Crippen LogP contribution in [0.15, 0.2) is 10.6 Å². The Kier molecular flexibility index (Phi) is 3.94. The van der Waals surface area contributed by atoms with Crippen molar-refractivity contribution in [1.82, 2.24) is 10.5 Å². The summed E-state index contributed by atoms with van der Waals surface area (Å²) in [5.74, 6) is 0.527. The number of rotatable bonds is 4. The monoisotopic (exact) mass is 291 g/mol. The van der Waals surface area contributed by atoms with Crippen molar-refractivity contribution < 1.29 is 14.1 Å². The number of aryl methyl sites for hydroxylation is 1. The third-order valence-electron chi connectivity index (χ3n) is 4.29. The minimum Gasteiger partial charge on any atom is -0.360 e. The van der Waals surface area contributed by atoms with Crippen LogP contribution in [0, 0.1) is 18.8 Å². The highest BCUT2D eigenvalue weighted by Crippen LogP contribution is 2.39. The van der Waals surface area contributed by atoms with Gasteiger partial charge in [0.15, 0.2) is 5.82 Å². The van der Waals surface area contributed by atoms with Gasteiger partial charge < -0.3 is 15.2 Å². The summed E-state index contributed by atoms with van der Waals surface area (Å²) in [5.41, 5.74) is 0. The fraction of sp³-hybridized carbons (Fsp3) is 0.667. The van der Waals surface area contributed by atoms with Crippen LogP contribution in [0.3, 0.4) is 0 Å². The molecular weight excluding hydrogens is 270 g/mol. The topological polar surface area (TPSA) is 84.2 Å². The van der Waals surface area contributed by atoms with Crippen LogP contribution in [0.25, 0.3) is 0 Å². The molecular formula is C15H21N3O3. The highest BCUT2D eigenvalue weighted by Gasteiger charge is 2.48. The molecule has 2 N–H and O–H groups in total. The molecule has 2 fully saturated rings. The molecule has 0 radical (unpaired) electrons. The normalized spacial score (nSPS) is 25.4. The smallest absolute Gasteiger partial charge is 0.229 e. The molecule has 0 saturated heterocycles. The Hall–Kier alpha value is -1.85. The lowest BCUT2D eigenvalue weighted by Gasteiger charge is -2.22. The minimum atomic E-state index is -0.231. The molecule has 1 aromatic rings. The lowest BCUT2D eigenvalue weighted by atomic mass is 9.95. The summed E-state index contributed by atoms with van der Waals surface area (Å²) in [6.45, 7) is 1.76. The quantitative estimate of drug-likeness (QED) is 0.888. The summed E-state index contributed by atoms with van der Waals surface area (Å²) in [6.07, 6.45) is 6.39. The summed E-state index contributed by atoms with van der Waals surface area (Å²) >= 11 is 0. The molecule has 6 heteroatoms. The molecule has 2 amide bonds. The Labute approximate surface area is 123 Å². The van der Waals surface area contributed by atoms with E-state index >= 15 is 0 Å². The van der Waals surface area contributed by atoms with E-state index in [9.17, 15) is 9.59 Å². The molecule has 21 heavy (non-hydrogen) atoms. The molecule has 0 spiro atoms. The second-order valence-corrected chi connectivity index (χ2v) is 6.10. The second kappa shape index (κ2) is 5.87. The molecule has 2 saturated carbocycles. The number of amides is 2. The number of carbonyl (C=O) groups excluding carboxylic acids is 2. The maximum Gasteiger partial charge on any atom is 0.229 e. The van der Waals surface area contributed by atoms with Crippen molar-refractivity contribution in [3.8, 4) is 0 Å². The van der Waals surface area contributed by atoms with Crippen molar-refractivity contribution in [2.24, 2.45) is 11.8 Å². The van der Waals surface area contributed by atoms with E-state index in [-0.39, 0.29) is 23.7 Å². The van der Waals surface area contributed by atoms with Crippen molar-refractivity contribution >= 4 is 17.6 Å². The average Bonchev–Trinajstić information content (AvgIpc) is 3.18. The first-order chi connectivity index (χ1) is 10.1. The van der Waals surface area contributed by atoms with Crippen LogP contribution in [-0.4, -0.2) is 23.0 Å². The van der Waals surface area contributed by atoms with E-state index in [1.807, 2.05) is 0 Å². The van der Waals surface area contributed by atoms with Crippen LogP contribution in [-0.2, 0) is 9.59 Å². The average molecular weight is 291 g/mol. The van der Waals surface area contributed by atoms with Crippen molar-refractivity contribution in [2.45, 2.75) is 51.5 Å². The van der Waals surface area contributed by atoms with Crippen LogP contribution >= 0.6 is 0 Å². The molecule has 2 unspecified atom stereocenters. The fourth-order valence-electron chi connectivity index (χ4n) is 2.97. The zero-order chi connectivity index (χ0) is 14.8. The summed E-state index contributed by atoms with van der Waals surface area (Å²) in [6, 6.07) is 1.96. The fourth-order valence-corrected chi connectivity index (χ4v) is 2.97. The molecule has 1 heterocycles. The van der Waals surface area contributed by atoms with Crippen LogP contribution in [0.4, 0.5) is 5.82 Å². The van der Waals surface area contributed by atoms with E-state index in [0.29, 0.717) is 24.0 Å². The van der Waals surface area contributed by atoms with Crippen LogP contribution in [0.1, 0.15) is 44.3 Å². The Morgan fingerprint density at radius 2 is 1.90 bits per heavy atom. The van der Waals surface area contributed by atoms with Crippen LogP contribution in [0.2, 0.25) is 0 Å². The number of hydrogen-bond acceptors (Lipinski definition) is 4. The lowest BCUT2D eigenvalue weighted by Crippen LogP contribution is -2.37. The molecule has 0 aliphatic heterocycles. The maximum atomic E-state index is 12.1. The molecule has 3 rings (SSSR count). The number of nitrogens with zero attached hydrogens (tertiary/aromatic N) is 1. The number of aromatic nitrogens is 1. The van der Waals surface area contributed by atoms with E-state index in [4.69, 9.17) is 4.52 Å². The molecule has 2 atom stereocenters. The second-order valence-electron chi connectivity index (χ2n) is 6.10. The molecule has 0 bridgehead atoms. The van der Waals surface area contributed by atoms with E-state index in [2.05, 4.69) is 15.8 Å². The molecule has 2 aliphatic rings. The predicted molar refractivity (Wildman–Crippen MR) is 76.5 cm³/mol. The minimum absolute atomic E-state index is 0.0263. The van der Waals surface area contributed by atoms with Gasteiger partial charge in [0.1, 0.15) is 5.76 Å². The summed E-state index contributed by atoms with van der Waals surface area (Å²) in [5, 5.41) is 9.49. The van der Waals surface area contributed by atoms with Crippen LogP contribution < -0.4 is 10.6 Å². The SMILES string of the molecule is Cc1cc(NC(=O)C2CC2C(=O)NC2CCCCC2)no1. The number of nitrogens with one attached hydrogen (secondary N) is 2. The van der Waals surface area contributed by atoms with Gasteiger partial charge in [-0.3, -0.25) is 9.59 Å². The highest BCUT2D eigenvalue weighted by molar-refractivity contribution is 5.99.